The Morgan fingerprint density at radius 2 is 1.92 bits per heavy atom. The molecule has 0 unspecified atom stereocenters. The maximum absolute atomic E-state index is 12.3. The molecule has 0 saturated carbocycles. The molecule has 4 heteroatoms. The van der Waals surface area contributed by atoms with Crippen LogP contribution >= 0.6 is 0 Å². The van der Waals surface area contributed by atoms with Crippen molar-refractivity contribution in [1.29, 1.82) is 0 Å². The Morgan fingerprint density at radius 1 is 1.12 bits per heavy atom. The number of para-hydroxylation sites is 1. The van der Waals surface area contributed by atoms with E-state index in [0.717, 1.165) is 30.5 Å². The summed E-state index contributed by atoms with van der Waals surface area (Å²) in [6.07, 6.45) is 7.75. The first-order valence-electron chi connectivity index (χ1n) is 9.16. The number of nitrogens with zero attached hydrogens (tertiary/aromatic N) is 2. The van der Waals surface area contributed by atoms with E-state index in [0.29, 0.717) is 12.8 Å². The zero-order valence-electron chi connectivity index (χ0n) is 14.7. The van der Waals surface area contributed by atoms with E-state index in [2.05, 4.69) is 17.2 Å². The number of benzene rings is 2. The van der Waals surface area contributed by atoms with Gasteiger partial charge < -0.3 is 4.74 Å². The second-order valence-electron chi connectivity index (χ2n) is 6.70. The number of rotatable bonds is 5. The van der Waals surface area contributed by atoms with Gasteiger partial charge in [-0.05, 0) is 54.5 Å². The summed E-state index contributed by atoms with van der Waals surface area (Å²) in [7, 11) is 0. The third-order valence-electron chi connectivity index (χ3n) is 4.86. The highest BCUT2D eigenvalue weighted by Gasteiger charge is 2.23. The molecule has 0 amide bonds. The monoisotopic (exact) mass is 346 g/mol. The smallest absolute Gasteiger partial charge is 0.306 e. The molecule has 3 aromatic rings. The van der Waals surface area contributed by atoms with E-state index < -0.39 is 0 Å². The summed E-state index contributed by atoms with van der Waals surface area (Å²) in [6, 6.07) is 18.2. The third kappa shape index (κ3) is 3.69. The molecule has 26 heavy (non-hydrogen) atoms. The first kappa shape index (κ1) is 16.6. The number of carbonyl (C=O) groups is 1. The SMILES string of the molecule is O=C(CCc1cnn(-c2ccccc2)c1)O[C@@H]1CCCc2ccccc21. The van der Waals surface area contributed by atoms with Crippen LogP contribution in [0.1, 0.15) is 42.1 Å². The largest absolute Gasteiger partial charge is 0.457 e. The first-order valence-corrected chi connectivity index (χ1v) is 9.16. The molecule has 0 N–H and O–H groups in total. The van der Waals surface area contributed by atoms with E-state index in [9.17, 15) is 4.79 Å². The number of fused-ring (bicyclic) bond motifs is 1. The van der Waals surface area contributed by atoms with Crippen molar-refractivity contribution in [2.45, 2.75) is 38.2 Å². The lowest BCUT2D eigenvalue weighted by molar-refractivity contribution is -0.150. The summed E-state index contributed by atoms with van der Waals surface area (Å²) in [5, 5.41) is 4.37. The van der Waals surface area contributed by atoms with Crippen LogP contribution in [-0.4, -0.2) is 15.7 Å². The summed E-state index contributed by atoms with van der Waals surface area (Å²) in [4.78, 5) is 12.3. The van der Waals surface area contributed by atoms with E-state index >= 15 is 0 Å². The van der Waals surface area contributed by atoms with Gasteiger partial charge in [0, 0.05) is 12.6 Å². The molecule has 0 spiro atoms. The fourth-order valence-corrected chi connectivity index (χ4v) is 3.51. The van der Waals surface area contributed by atoms with Crippen LogP contribution < -0.4 is 0 Å². The van der Waals surface area contributed by atoms with Crippen LogP contribution in [0.4, 0.5) is 0 Å². The van der Waals surface area contributed by atoms with E-state index in [1.54, 1.807) is 0 Å². The standard InChI is InChI=1S/C22H22N2O2/c25-22(26-21-12-6-8-18-7-4-5-11-20(18)21)14-13-17-15-23-24(16-17)19-9-2-1-3-10-19/h1-5,7,9-11,15-16,21H,6,8,12-14H2/t21-/m1/s1. The minimum atomic E-state index is -0.140. The molecule has 1 atom stereocenters. The summed E-state index contributed by atoms with van der Waals surface area (Å²) < 4.78 is 7.60. The number of aromatic nitrogens is 2. The Labute approximate surface area is 153 Å². The van der Waals surface area contributed by atoms with Gasteiger partial charge >= 0.3 is 5.97 Å². The summed E-state index contributed by atoms with van der Waals surface area (Å²) in [6.45, 7) is 0. The lowest BCUT2D eigenvalue weighted by Crippen LogP contribution is -2.17. The van der Waals surface area contributed by atoms with Crippen LogP contribution in [0.2, 0.25) is 0 Å². The number of ether oxygens (including phenoxy) is 1. The summed E-state index contributed by atoms with van der Waals surface area (Å²) >= 11 is 0. The van der Waals surface area contributed by atoms with E-state index in [1.165, 1.54) is 11.1 Å². The van der Waals surface area contributed by atoms with Gasteiger partial charge in [-0.2, -0.15) is 5.10 Å². The summed E-state index contributed by atoms with van der Waals surface area (Å²) in [5.74, 6) is -0.140. The van der Waals surface area contributed by atoms with Gasteiger partial charge in [0.05, 0.1) is 11.9 Å². The average Bonchev–Trinajstić information content (AvgIpc) is 3.17. The minimum absolute atomic E-state index is 0.0977. The van der Waals surface area contributed by atoms with E-state index in [-0.39, 0.29) is 12.1 Å². The molecule has 0 radical (unpaired) electrons. The predicted molar refractivity (Wildman–Crippen MR) is 100 cm³/mol. The third-order valence-corrected chi connectivity index (χ3v) is 4.86. The molecular formula is C22H22N2O2. The highest BCUT2D eigenvalue weighted by Crippen LogP contribution is 2.32. The van der Waals surface area contributed by atoms with Gasteiger partial charge in [-0.15, -0.1) is 0 Å². The fraction of sp³-hybridized carbons (Fsp3) is 0.273. The van der Waals surface area contributed by atoms with E-state index in [4.69, 9.17) is 4.74 Å². The maximum Gasteiger partial charge on any atom is 0.306 e. The van der Waals surface area contributed by atoms with Crippen LogP contribution in [-0.2, 0) is 22.4 Å². The number of hydrogen-bond donors (Lipinski definition) is 0. The lowest BCUT2D eigenvalue weighted by Gasteiger charge is -2.25. The van der Waals surface area contributed by atoms with Gasteiger partial charge in [0.2, 0.25) is 0 Å². The van der Waals surface area contributed by atoms with Crippen LogP contribution in [0, 0.1) is 0 Å². The predicted octanol–water partition coefficient (Wildman–Crippen LogP) is 4.43. The highest BCUT2D eigenvalue weighted by atomic mass is 16.5. The van der Waals surface area contributed by atoms with Crippen LogP contribution in [0.25, 0.3) is 5.69 Å². The highest BCUT2D eigenvalue weighted by molar-refractivity contribution is 5.70. The number of esters is 1. The van der Waals surface area contributed by atoms with Gasteiger partial charge in [0.15, 0.2) is 0 Å². The topological polar surface area (TPSA) is 44.1 Å². The number of carbonyl (C=O) groups excluding carboxylic acids is 1. The fourth-order valence-electron chi connectivity index (χ4n) is 3.51. The molecule has 4 rings (SSSR count). The lowest BCUT2D eigenvalue weighted by atomic mass is 9.89. The Bertz CT molecular complexity index is 886. The molecule has 132 valence electrons. The van der Waals surface area contributed by atoms with Gasteiger partial charge in [0.25, 0.3) is 0 Å². The molecule has 4 nitrogen and oxygen atoms in total. The maximum atomic E-state index is 12.3. The van der Waals surface area contributed by atoms with Crippen molar-refractivity contribution in [2.24, 2.45) is 0 Å². The van der Waals surface area contributed by atoms with Crippen molar-refractivity contribution < 1.29 is 9.53 Å². The number of hydrogen-bond acceptors (Lipinski definition) is 3. The van der Waals surface area contributed by atoms with Gasteiger partial charge in [-0.25, -0.2) is 4.68 Å². The Hall–Kier alpha value is -2.88. The average molecular weight is 346 g/mol. The molecule has 0 aliphatic heterocycles. The molecular weight excluding hydrogens is 324 g/mol. The van der Waals surface area contributed by atoms with Crippen LogP contribution in [0.3, 0.4) is 0 Å². The normalized spacial score (nSPS) is 16.1. The van der Waals surface area contributed by atoms with Gasteiger partial charge in [-0.1, -0.05) is 42.5 Å². The second-order valence-corrected chi connectivity index (χ2v) is 6.70. The van der Waals surface area contributed by atoms with Crippen LogP contribution in [0.15, 0.2) is 67.0 Å². The Kier molecular flexibility index (Phi) is 4.82. The summed E-state index contributed by atoms with van der Waals surface area (Å²) in [5.41, 5.74) is 4.53. The quantitative estimate of drug-likeness (QED) is 0.642. The molecule has 0 bridgehead atoms. The second kappa shape index (κ2) is 7.56. The van der Waals surface area contributed by atoms with Crippen LogP contribution in [0.5, 0.6) is 0 Å². The zero-order valence-corrected chi connectivity index (χ0v) is 14.7. The van der Waals surface area contributed by atoms with Crippen molar-refractivity contribution >= 4 is 5.97 Å². The first-order chi connectivity index (χ1) is 12.8. The zero-order chi connectivity index (χ0) is 17.8. The number of aryl methyl sites for hydroxylation is 2. The molecule has 1 aromatic heterocycles. The minimum Gasteiger partial charge on any atom is -0.457 e. The molecule has 2 aromatic carbocycles. The molecule has 1 aliphatic carbocycles. The Balaban J connectivity index is 1.35. The Morgan fingerprint density at radius 3 is 2.81 bits per heavy atom. The molecule has 1 heterocycles. The molecule has 0 fully saturated rings. The van der Waals surface area contributed by atoms with Gasteiger partial charge in [0.1, 0.15) is 6.10 Å². The van der Waals surface area contributed by atoms with Gasteiger partial charge in [-0.3, -0.25) is 4.79 Å². The van der Waals surface area contributed by atoms with Crippen molar-refractivity contribution in [3.63, 3.8) is 0 Å². The van der Waals surface area contributed by atoms with Crippen molar-refractivity contribution in [2.75, 3.05) is 0 Å². The molecule has 1 aliphatic rings. The van der Waals surface area contributed by atoms with Crippen molar-refractivity contribution in [3.8, 4) is 5.69 Å². The van der Waals surface area contributed by atoms with E-state index in [1.807, 2.05) is 59.5 Å². The molecule has 0 saturated heterocycles. The van der Waals surface area contributed by atoms with Crippen molar-refractivity contribution in [1.82, 2.24) is 9.78 Å². The van der Waals surface area contributed by atoms with Crippen molar-refractivity contribution in [3.05, 3.63) is 83.7 Å².